The number of aromatic nitrogens is 2. The van der Waals surface area contributed by atoms with Crippen molar-refractivity contribution in [3.63, 3.8) is 0 Å². The molecule has 0 radical (unpaired) electrons. The van der Waals surface area contributed by atoms with Crippen LogP contribution in [0.4, 0.5) is 0 Å². The summed E-state index contributed by atoms with van der Waals surface area (Å²) in [5.41, 5.74) is 1.57. The molecule has 0 aliphatic rings. The molecule has 0 atom stereocenters. The molecule has 6 heteroatoms. The van der Waals surface area contributed by atoms with Gasteiger partial charge in [0.1, 0.15) is 0 Å². The maximum absolute atomic E-state index is 12.0. The van der Waals surface area contributed by atoms with Gasteiger partial charge in [-0.3, -0.25) is 0 Å². The van der Waals surface area contributed by atoms with E-state index in [0.717, 1.165) is 17.8 Å². The molecule has 114 valence electrons. The molecular formula is C15H20N2O3S. The molecule has 0 saturated heterocycles. The Kier molecular flexibility index (Phi) is 5.01. The molecule has 1 aromatic heterocycles. The van der Waals surface area contributed by atoms with Gasteiger partial charge in [-0.05, 0) is 25.0 Å². The first kappa shape index (κ1) is 15.6. The quantitative estimate of drug-likeness (QED) is 0.738. The fourth-order valence-corrected chi connectivity index (χ4v) is 2.99. The molecule has 0 amide bonds. The highest BCUT2D eigenvalue weighted by atomic mass is 32.2. The number of hydrogen-bond acceptors (Lipinski definition) is 4. The van der Waals surface area contributed by atoms with Gasteiger partial charge >= 0.3 is 10.1 Å². The van der Waals surface area contributed by atoms with Crippen LogP contribution in [0, 0.1) is 0 Å². The third-order valence-electron chi connectivity index (χ3n) is 3.05. The van der Waals surface area contributed by atoms with E-state index in [0.29, 0.717) is 12.8 Å². The zero-order valence-electron chi connectivity index (χ0n) is 12.3. The van der Waals surface area contributed by atoms with Crippen molar-refractivity contribution < 1.29 is 12.6 Å². The molecule has 0 fully saturated rings. The van der Waals surface area contributed by atoms with Crippen molar-refractivity contribution in [2.75, 3.05) is 5.75 Å². The number of nitrogens with zero attached hydrogens (tertiary/aromatic N) is 2. The van der Waals surface area contributed by atoms with Crippen LogP contribution in [-0.2, 0) is 16.5 Å². The lowest BCUT2D eigenvalue weighted by molar-refractivity contribution is 0.463. The van der Waals surface area contributed by atoms with Gasteiger partial charge in [-0.1, -0.05) is 38.5 Å². The minimum Gasteiger partial charge on any atom is -0.361 e. The highest BCUT2D eigenvalue weighted by Gasteiger charge is 2.18. The van der Waals surface area contributed by atoms with Gasteiger partial charge < -0.3 is 4.18 Å². The summed E-state index contributed by atoms with van der Waals surface area (Å²) < 4.78 is 30.7. The molecule has 1 heterocycles. The Hall–Kier alpha value is -1.82. The van der Waals surface area contributed by atoms with Gasteiger partial charge in [-0.2, -0.15) is 18.2 Å². The molecule has 0 bridgehead atoms. The highest BCUT2D eigenvalue weighted by molar-refractivity contribution is 7.87. The molecule has 5 nitrogen and oxygen atoms in total. The summed E-state index contributed by atoms with van der Waals surface area (Å²) in [4.78, 5) is 0. The number of benzene rings is 1. The Labute approximate surface area is 125 Å². The Morgan fingerprint density at radius 1 is 1.19 bits per heavy atom. The van der Waals surface area contributed by atoms with E-state index in [1.54, 1.807) is 6.07 Å². The second kappa shape index (κ2) is 6.76. The number of hydrogen-bond donors (Lipinski definition) is 0. The van der Waals surface area contributed by atoms with Gasteiger partial charge in [-0.25, -0.2) is 0 Å². The van der Waals surface area contributed by atoms with E-state index in [2.05, 4.69) is 5.10 Å². The monoisotopic (exact) mass is 308 g/mol. The zero-order chi connectivity index (χ0) is 15.3. The van der Waals surface area contributed by atoms with Gasteiger partial charge in [0.15, 0.2) is 0 Å². The maximum Gasteiger partial charge on any atom is 0.310 e. The third-order valence-corrected chi connectivity index (χ3v) is 4.26. The van der Waals surface area contributed by atoms with E-state index >= 15 is 0 Å². The van der Waals surface area contributed by atoms with Crippen LogP contribution in [0.1, 0.15) is 32.4 Å². The largest absolute Gasteiger partial charge is 0.361 e. The lowest BCUT2D eigenvalue weighted by Crippen LogP contribution is -2.15. The third kappa shape index (κ3) is 4.07. The van der Waals surface area contributed by atoms with E-state index in [9.17, 15) is 8.42 Å². The fourth-order valence-electron chi connectivity index (χ4n) is 1.89. The Morgan fingerprint density at radius 2 is 1.90 bits per heavy atom. The first-order valence-corrected chi connectivity index (χ1v) is 8.70. The van der Waals surface area contributed by atoms with Gasteiger partial charge in [0, 0.05) is 6.07 Å². The molecule has 2 aromatic rings. The number of aryl methyl sites for hydroxylation is 1. The van der Waals surface area contributed by atoms with Crippen LogP contribution < -0.4 is 4.18 Å². The first-order chi connectivity index (χ1) is 10.1. The first-order valence-electron chi connectivity index (χ1n) is 7.12. The summed E-state index contributed by atoms with van der Waals surface area (Å²) >= 11 is 0. The maximum atomic E-state index is 12.0. The molecule has 21 heavy (non-hydrogen) atoms. The number of para-hydroxylation sites is 1. The second-order valence-electron chi connectivity index (χ2n) is 4.77. The SMILES string of the molecule is CCCCS(=O)(=O)Oc1cc(CC)nn1-c1ccccc1. The Balaban J connectivity index is 2.33. The summed E-state index contributed by atoms with van der Waals surface area (Å²) in [5, 5.41) is 4.39. The van der Waals surface area contributed by atoms with Crippen molar-refractivity contribution in [2.24, 2.45) is 0 Å². The Bertz CT molecular complexity index is 678. The van der Waals surface area contributed by atoms with Crippen LogP contribution in [0.25, 0.3) is 5.69 Å². The normalized spacial score (nSPS) is 11.5. The van der Waals surface area contributed by atoms with Gasteiger partial charge in [0.25, 0.3) is 0 Å². The summed E-state index contributed by atoms with van der Waals surface area (Å²) in [6.07, 6.45) is 2.11. The van der Waals surface area contributed by atoms with Crippen molar-refractivity contribution in [1.82, 2.24) is 9.78 Å². The van der Waals surface area contributed by atoms with Crippen LogP contribution in [0.2, 0.25) is 0 Å². The summed E-state index contributed by atoms with van der Waals surface area (Å²) in [6.45, 7) is 3.91. The topological polar surface area (TPSA) is 61.2 Å². The molecular weight excluding hydrogens is 288 g/mol. The molecule has 0 saturated carbocycles. The molecule has 0 spiro atoms. The summed E-state index contributed by atoms with van der Waals surface area (Å²) in [6, 6.07) is 11.0. The summed E-state index contributed by atoms with van der Waals surface area (Å²) in [7, 11) is -3.58. The predicted molar refractivity (Wildman–Crippen MR) is 82.3 cm³/mol. The van der Waals surface area contributed by atoms with E-state index in [1.165, 1.54) is 4.68 Å². The lowest BCUT2D eigenvalue weighted by Gasteiger charge is -2.08. The predicted octanol–water partition coefficient (Wildman–Crippen LogP) is 2.94. The van der Waals surface area contributed by atoms with Crippen LogP contribution in [0.15, 0.2) is 36.4 Å². The van der Waals surface area contributed by atoms with E-state index in [-0.39, 0.29) is 11.6 Å². The Morgan fingerprint density at radius 3 is 2.52 bits per heavy atom. The fraction of sp³-hybridized carbons (Fsp3) is 0.400. The van der Waals surface area contributed by atoms with Crippen molar-refractivity contribution >= 4 is 10.1 Å². The molecule has 0 N–H and O–H groups in total. The molecule has 0 aliphatic heterocycles. The number of unbranched alkanes of at least 4 members (excludes halogenated alkanes) is 1. The van der Waals surface area contributed by atoms with Crippen LogP contribution in [0.5, 0.6) is 5.88 Å². The minimum absolute atomic E-state index is 0.0188. The molecule has 2 rings (SSSR count). The van der Waals surface area contributed by atoms with Crippen LogP contribution in [-0.4, -0.2) is 24.0 Å². The van der Waals surface area contributed by atoms with E-state index < -0.39 is 10.1 Å². The minimum atomic E-state index is -3.58. The van der Waals surface area contributed by atoms with E-state index in [1.807, 2.05) is 44.2 Å². The molecule has 0 unspecified atom stereocenters. The average molecular weight is 308 g/mol. The molecule has 1 aromatic carbocycles. The van der Waals surface area contributed by atoms with E-state index in [4.69, 9.17) is 4.18 Å². The highest BCUT2D eigenvalue weighted by Crippen LogP contribution is 2.21. The van der Waals surface area contributed by atoms with Crippen molar-refractivity contribution in [3.05, 3.63) is 42.1 Å². The van der Waals surface area contributed by atoms with Crippen LogP contribution >= 0.6 is 0 Å². The lowest BCUT2D eigenvalue weighted by atomic mass is 10.3. The van der Waals surface area contributed by atoms with Gasteiger partial charge in [0.05, 0.1) is 17.1 Å². The van der Waals surface area contributed by atoms with Crippen molar-refractivity contribution in [3.8, 4) is 11.6 Å². The van der Waals surface area contributed by atoms with Crippen LogP contribution in [0.3, 0.4) is 0 Å². The van der Waals surface area contributed by atoms with Gasteiger partial charge in [-0.15, -0.1) is 0 Å². The zero-order valence-corrected chi connectivity index (χ0v) is 13.1. The van der Waals surface area contributed by atoms with Crippen molar-refractivity contribution in [1.29, 1.82) is 0 Å². The second-order valence-corrected chi connectivity index (χ2v) is 6.46. The standard InChI is InChI=1S/C15H20N2O3S/c1-3-5-11-21(18,19)20-15-12-13(4-2)16-17(15)14-9-7-6-8-10-14/h6-10,12H,3-5,11H2,1-2H3. The smallest absolute Gasteiger partial charge is 0.310 e. The molecule has 0 aliphatic carbocycles. The number of rotatable bonds is 7. The van der Waals surface area contributed by atoms with Gasteiger partial charge in [0.2, 0.25) is 5.88 Å². The summed E-state index contributed by atoms with van der Waals surface area (Å²) in [5.74, 6) is 0.263. The average Bonchev–Trinajstić information content (AvgIpc) is 2.88. The van der Waals surface area contributed by atoms with Crippen molar-refractivity contribution in [2.45, 2.75) is 33.1 Å².